The van der Waals surface area contributed by atoms with Gasteiger partial charge < -0.3 is 9.64 Å². The van der Waals surface area contributed by atoms with Crippen LogP contribution >= 0.6 is 0 Å². The van der Waals surface area contributed by atoms with Crippen molar-refractivity contribution in [1.29, 1.82) is 0 Å². The number of likely N-dealkylation sites (N-methyl/N-ethyl adjacent to an activating group) is 1. The number of rotatable bonds is 7. The Labute approximate surface area is 191 Å². The summed E-state index contributed by atoms with van der Waals surface area (Å²) in [6.07, 6.45) is -1.16. The number of amides is 1. The highest BCUT2D eigenvalue weighted by Crippen LogP contribution is 2.23. The summed E-state index contributed by atoms with van der Waals surface area (Å²) in [5.41, 5.74) is 0.945. The van der Waals surface area contributed by atoms with Crippen LogP contribution in [-0.4, -0.2) is 39.3 Å². The molecule has 0 aromatic heterocycles. The molecule has 3 rings (SSSR count). The van der Waals surface area contributed by atoms with Gasteiger partial charge in [-0.15, -0.1) is 0 Å². The minimum atomic E-state index is -4.09. The number of aryl methyl sites for hydroxylation is 1. The molecule has 3 aromatic carbocycles. The predicted octanol–water partition coefficient (Wildman–Crippen LogP) is 3.92. The zero-order valence-electron chi connectivity index (χ0n) is 18.3. The van der Waals surface area contributed by atoms with Crippen molar-refractivity contribution in [1.82, 2.24) is 4.90 Å². The molecule has 0 radical (unpaired) electrons. The summed E-state index contributed by atoms with van der Waals surface area (Å²) in [6.45, 7) is 1.53. The Balaban J connectivity index is 1.84. The van der Waals surface area contributed by atoms with E-state index in [0.29, 0.717) is 11.1 Å². The van der Waals surface area contributed by atoms with Crippen molar-refractivity contribution < 1.29 is 27.1 Å². The van der Waals surface area contributed by atoms with Gasteiger partial charge in [-0.1, -0.05) is 42.5 Å². The zero-order chi connectivity index (χ0) is 24.2. The minimum absolute atomic E-state index is 0.0396. The van der Waals surface area contributed by atoms with E-state index in [9.17, 15) is 22.4 Å². The molecule has 9 heteroatoms. The number of carbonyl (C=O) groups is 2. The molecule has 0 saturated carbocycles. The van der Waals surface area contributed by atoms with Crippen LogP contribution < -0.4 is 4.72 Å². The lowest BCUT2D eigenvalue weighted by molar-refractivity contribution is -0.138. The quantitative estimate of drug-likeness (QED) is 0.529. The van der Waals surface area contributed by atoms with E-state index in [0.717, 1.165) is 6.07 Å². The number of carbonyl (C=O) groups excluding carboxylic acids is 2. The summed E-state index contributed by atoms with van der Waals surface area (Å²) in [7, 11) is -0.987. The number of ether oxygens (including phenoxy) is 1. The highest BCUT2D eigenvalue weighted by atomic mass is 32.2. The number of anilines is 1. The molecule has 0 saturated heterocycles. The van der Waals surface area contributed by atoms with Crippen LogP contribution in [0, 0.1) is 12.7 Å². The standard InChI is InChI=1S/C24H23FN2O5S/c1-16-12-13-20(15-21(16)25)33(30,31)26-19-11-7-10-18(14-19)24(29)32-22(23(28)27(2)3)17-8-5-4-6-9-17/h4-15,22,26H,1-3H3. The van der Waals surface area contributed by atoms with Gasteiger partial charge in [0.1, 0.15) is 5.82 Å². The van der Waals surface area contributed by atoms with Crippen molar-refractivity contribution >= 4 is 27.6 Å². The van der Waals surface area contributed by atoms with Crippen LogP contribution in [0.4, 0.5) is 10.1 Å². The van der Waals surface area contributed by atoms with E-state index in [-0.39, 0.29) is 16.1 Å². The van der Waals surface area contributed by atoms with Crippen molar-refractivity contribution in [2.75, 3.05) is 18.8 Å². The van der Waals surface area contributed by atoms with Crippen molar-refractivity contribution in [2.45, 2.75) is 17.9 Å². The molecule has 0 aliphatic carbocycles. The van der Waals surface area contributed by atoms with Gasteiger partial charge in [0.15, 0.2) is 0 Å². The average Bonchev–Trinajstić information content (AvgIpc) is 2.79. The number of nitrogens with zero attached hydrogens (tertiary/aromatic N) is 1. The van der Waals surface area contributed by atoms with E-state index in [4.69, 9.17) is 4.74 Å². The molecule has 0 heterocycles. The predicted molar refractivity (Wildman–Crippen MR) is 122 cm³/mol. The lowest BCUT2D eigenvalue weighted by Crippen LogP contribution is -2.31. The maximum atomic E-state index is 13.8. The van der Waals surface area contributed by atoms with Gasteiger partial charge in [-0.2, -0.15) is 0 Å². The fourth-order valence-electron chi connectivity index (χ4n) is 2.96. The number of esters is 1. The van der Waals surface area contributed by atoms with Crippen molar-refractivity contribution in [3.8, 4) is 0 Å². The van der Waals surface area contributed by atoms with E-state index in [1.807, 2.05) is 0 Å². The first-order valence-corrected chi connectivity index (χ1v) is 11.4. The van der Waals surface area contributed by atoms with Crippen LogP contribution in [0.25, 0.3) is 0 Å². The monoisotopic (exact) mass is 470 g/mol. The highest BCUT2D eigenvalue weighted by Gasteiger charge is 2.27. The third kappa shape index (κ3) is 5.75. The zero-order valence-corrected chi connectivity index (χ0v) is 19.1. The number of sulfonamides is 1. The number of hydrogen-bond acceptors (Lipinski definition) is 5. The van der Waals surface area contributed by atoms with Gasteiger partial charge in [-0.3, -0.25) is 9.52 Å². The Morgan fingerprint density at radius 3 is 2.30 bits per heavy atom. The van der Waals surface area contributed by atoms with Crippen LogP contribution in [0.1, 0.15) is 27.6 Å². The van der Waals surface area contributed by atoms with Crippen molar-refractivity contribution in [2.24, 2.45) is 0 Å². The number of halogens is 1. The molecule has 1 N–H and O–H groups in total. The SMILES string of the molecule is Cc1ccc(S(=O)(=O)Nc2cccc(C(=O)OC(C(=O)N(C)C)c3ccccc3)c2)cc1F. The summed E-state index contributed by atoms with van der Waals surface area (Å²) in [4.78, 5) is 26.5. The molecule has 0 spiro atoms. The summed E-state index contributed by atoms with van der Waals surface area (Å²) >= 11 is 0. The molecular formula is C24H23FN2O5S. The third-order valence-corrected chi connectivity index (χ3v) is 6.18. The smallest absolute Gasteiger partial charge is 0.339 e. The van der Waals surface area contributed by atoms with Gasteiger partial charge in [0.2, 0.25) is 6.10 Å². The van der Waals surface area contributed by atoms with E-state index >= 15 is 0 Å². The first-order valence-electron chi connectivity index (χ1n) is 9.94. The van der Waals surface area contributed by atoms with Crippen LogP contribution in [0.15, 0.2) is 77.7 Å². The second kappa shape index (κ2) is 9.83. The molecule has 0 aliphatic rings. The number of benzene rings is 3. The maximum absolute atomic E-state index is 13.8. The van der Waals surface area contributed by atoms with Crippen LogP contribution in [-0.2, 0) is 19.6 Å². The van der Waals surface area contributed by atoms with Gasteiger partial charge in [0.25, 0.3) is 15.9 Å². The van der Waals surface area contributed by atoms with Gasteiger partial charge in [-0.05, 0) is 42.8 Å². The molecule has 0 bridgehead atoms. The summed E-state index contributed by atoms with van der Waals surface area (Å²) < 4.78 is 46.9. The summed E-state index contributed by atoms with van der Waals surface area (Å²) in [5.74, 6) is -1.87. The van der Waals surface area contributed by atoms with E-state index in [1.165, 1.54) is 48.2 Å². The molecule has 172 valence electrons. The van der Waals surface area contributed by atoms with E-state index < -0.39 is 33.8 Å². The Hall–Kier alpha value is -3.72. The molecule has 3 aromatic rings. The second-order valence-corrected chi connectivity index (χ2v) is 9.21. The first kappa shape index (κ1) is 23.9. The lowest BCUT2D eigenvalue weighted by Gasteiger charge is -2.21. The topological polar surface area (TPSA) is 92.8 Å². The van der Waals surface area contributed by atoms with Crippen molar-refractivity contribution in [3.05, 3.63) is 95.3 Å². The van der Waals surface area contributed by atoms with Gasteiger partial charge >= 0.3 is 5.97 Å². The van der Waals surface area contributed by atoms with Crippen LogP contribution in [0.5, 0.6) is 0 Å². The van der Waals surface area contributed by atoms with E-state index in [1.54, 1.807) is 44.4 Å². The first-order chi connectivity index (χ1) is 15.6. The number of nitrogens with one attached hydrogen (secondary N) is 1. The van der Waals surface area contributed by atoms with Crippen LogP contribution in [0.3, 0.4) is 0 Å². The molecule has 0 fully saturated rings. The molecule has 1 unspecified atom stereocenters. The number of hydrogen-bond donors (Lipinski definition) is 1. The average molecular weight is 471 g/mol. The highest BCUT2D eigenvalue weighted by molar-refractivity contribution is 7.92. The normalized spacial score (nSPS) is 12.0. The van der Waals surface area contributed by atoms with Gasteiger partial charge in [0.05, 0.1) is 10.5 Å². The fraction of sp³-hybridized carbons (Fsp3) is 0.167. The van der Waals surface area contributed by atoms with E-state index in [2.05, 4.69) is 4.72 Å². The Morgan fingerprint density at radius 1 is 0.970 bits per heavy atom. The molecule has 0 aliphatic heterocycles. The summed E-state index contributed by atoms with van der Waals surface area (Å²) in [6, 6.07) is 17.8. The van der Waals surface area contributed by atoms with Gasteiger partial charge in [0, 0.05) is 25.3 Å². The maximum Gasteiger partial charge on any atom is 0.339 e. The molecule has 1 amide bonds. The Morgan fingerprint density at radius 2 is 1.67 bits per heavy atom. The molecule has 7 nitrogen and oxygen atoms in total. The van der Waals surface area contributed by atoms with Crippen LogP contribution in [0.2, 0.25) is 0 Å². The second-order valence-electron chi connectivity index (χ2n) is 7.53. The third-order valence-electron chi connectivity index (χ3n) is 4.80. The Kier molecular flexibility index (Phi) is 7.13. The lowest BCUT2D eigenvalue weighted by atomic mass is 10.1. The van der Waals surface area contributed by atoms with Gasteiger partial charge in [-0.25, -0.2) is 17.6 Å². The largest absolute Gasteiger partial charge is 0.444 e. The molecule has 1 atom stereocenters. The summed E-state index contributed by atoms with van der Waals surface area (Å²) in [5, 5.41) is 0. The Bertz CT molecular complexity index is 1280. The fourth-order valence-corrected chi connectivity index (χ4v) is 4.02. The van der Waals surface area contributed by atoms with Crippen molar-refractivity contribution in [3.63, 3.8) is 0 Å². The molecular weight excluding hydrogens is 447 g/mol. The minimum Gasteiger partial charge on any atom is -0.444 e. The molecule has 33 heavy (non-hydrogen) atoms.